The molecule has 0 atom stereocenters. The van der Waals surface area contributed by atoms with Crippen LogP contribution in [0.15, 0.2) is 58.3 Å². The van der Waals surface area contributed by atoms with E-state index in [0.29, 0.717) is 0 Å². The second kappa shape index (κ2) is 10.9. The van der Waals surface area contributed by atoms with E-state index in [-0.39, 0.29) is 30.1 Å². The summed E-state index contributed by atoms with van der Waals surface area (Å²) in [5.41, 5.74) is 0. The number of ether oxygens (including phenoxy) is 3. The van der Waals surface area contributed by atoms with Gasteiger partial charge in [-0.05, 0) is 76.2 Å². The molecule has 0 aromatic heterocycles. The van der Waals surface area contributed by atoms with E-state index in [2.05, 4.69) is 0 Å². The topological polar surface area (TPSA) is 189 Å². The van der Waals surface area contributed by atoms with Crippen LogP contribution in [0.5, 0.6) is 11.5 Å². The Kier molecular flexibility index (Phi) is 8.67. The fourth-order valence-corrected chi connectivity index (χ4v) is 4.32. The summed E-state index contributed by atoms with van der Waals surface area (Å²) in [5, 5.41) is 0. The molecule has 15 heteroatoms. The van der Waals surface area contributed by atoms with Crippen molar-refractivity contribution in [1.82, 2.24) is 8.83 Å². The smallest absolute Gasteiger partial charge is 0.439 e. The number of benzene rings is 2. The first-order valence-corrected chi connectivity index (χ1v) is 12.9. The molecule has 2 amide bonds. The molecule has 0 heterocycles. The van der Waals surface area contributed by atoms with Gasteiger partial charge in [0.2, 0.25) is 0 Å². The maximum atomic E-state index is 12.5. The second-order valence-electron chi connectivity index (χ2n) is 7.51. The van der Waals surface area contributed by atoms with Gasteiger partial charge in [-0.25, -0.2) is 21.3 Å². The molecular formula is C20H26N4O9S2. The number of nitrogens with two attached hydrogens (primary N) is 2. The van der Waals surface area contributed by atoms with Gasteiger partial charge in [-0.15, -0.1) is 8.83 Å². The molecule has 0 bridgehead atoms. The van der Waals surface area contributed by atoms with Crippen molar-refractivity contribution in [1.29, 1.82) is 0 Å². The monoisotopic (exact) mass is 530 g/mol. The Balaban J connectivity index is 2.14. The normalized spacial score (nSPS) is 11.8. The minimum absolute atomic E-state index is 0.000289. The molecule has 4 N–H and O–H groups in total. The third-order valence-electron chi connectivity index (χ3n) is 4.03. The van der Waals surface area contributed by atoms with E-state index in [1.807, 2.05) is 0 Å². The van der Waals surface area contributed by atoms with Crippen molar-refractivity contribution < 1.29 is 40.6 Å². The predicted molar refractivity (Wildman–Crippen MR) is 123 cm³/mol. The van der Waals surface area contributed by atoms with Crippen LogP contribution in [-0.2, 0) is 29.5 Å². The van der Waals surface area contributed by atoms with Crippen LogP contribution in [0.1, 0.15) is 27.7 Å². The Morgan fingerprint density at radius 3 is 1.20 bits per heavy atom. The largest absolute Gasteiger partial charge is 0.457 e. The second-order valence-corrected chi connectivity index (χ2v) is 11.1. The maximum Gasteiger partial charge on any atom is 0.439 e. The molecule has 13 nitrogen and oxygen atoms in total. The zero-order valence-corrected chi connectivity index (χ0v) is 20.9. The van der Waals surface area contributed by atoms with Crippen LogP contribution in [-0.4, -0.2) is 50.1 Å². The molecule has 0 spiro atoms. The molecule has 35 heavy (non-hydrogen) atoms. The molecular weight excluding hydrogens is 504 g/mol. The number of hydrogen-bond acceptors (Lipinski definition) is 11. The van der Waals surface area contributed by atoms with Gasteiger partial charge >= 0.3 is 12.2 Å². The lowest BCUT2D eigenvalue weighted by atomic mass is 10.3. The standard InChI is InChI=1S/C20H26N4O9S2/c1-13(2)31-19(25)23(21)34(27,28)17-9-5-15(6-10-17)33-16-7-11-18(12-8-16)35(29,30)24(22)20(26)32-14(3)4/h5-14H,21-22H2,1-4H3. The molecule has 0 saturated heterocycles. The summed E-state index contributed by atoms with van der Waals surface area (Å²) < 4.78 is 65.0. The summed E-state index contributed by atoms with van der Waals surface area (Å²) in [6.45, 7) is 6.16. The molecule has 2 aromatic rings. The van der Waals surface area contributed by atoms with Crippen molar-refractivity contribution in [2.45, 2.75) is 49.7 Å². The highest BCUT2D eigenvalue weighted by Crippen LogP contribution is 2.26. The number of carbonyl (C=O) groups is 2. The van der Waals surface area contributed by atoms with E-state index in [1.165, 1.54) is 48.5 Å². The van der Waals surface area contributed by atoms with Gasteiger partial charge in [0, 0.05) is 0 Å². The van der Waals surface area contributed by atoms with Crippen molar-refractivity contribution in [3.63, 3.8) is 0 Å². The number of carbonyl (C=O) groups excluding carboxylic acids is 2. The summed E-state index contributed by atoms with van der Waals surface area (Å²) >= 11 is 0. The summed E-state index contributed by atoms with van der Waals surface area (Å²) in [7, 11) is -8.72. The summed E-state index contributed by atoms with van der Waals surface area (Å²) in [5.74, 6) is 11.2. The minimum Gasteiger partial charge on any atom is -0.457 e. The van der Waals surface area contributed by atoms with E-state index in [4.69, 9.17) is 25.9 Å². The maximum absolute atomic E-state index is 12.5. The van der Waals surface area contributed by atoms with Crippen LogP contribution in [0.3, 0.4) is 0 Å². The highest BCUT2D eigenvalue weighted by molar-refractivity contribution is 7.89. The number of amides is 2. The summed E-state index contributed by atoms with van der Waals surface area (Å²) in [6.07, 6.45) is -3.60. The van der Waals surface area contributed by atoms with Crippen LogP contribution < -0.4 is 16.4 Å². The number of nitrogens with zero attached hydrogens (tertiary/aromatic N) is 2. The van der Waals surface area contributed by atoms with Crippen LogP contribution >= 0.6 is 0 Å². The van der Waals surface area contributed by atoms with Gasteiger partial charge in [0.05, 0.1) is 22.0 Å². The molecule has 0 fully saturated rings. The molecule has 0 aliphatic rings. The quantitative estimate of drug-likeness (QED) is 0.289. The molecule has 2 aromatic carbocycles. The zero-order chi connectivity index (χ0) is 26.6. The van der Waals surface area contributed by atoms with Crippen molar-refractivity contribution in [2.24, 2.45) is 11.7 Å². The molecule has 0 aliphatic carbocycles. The van der Waals surface area contributed by atoms with Crippen molar-refractivity contribution in [3.8, 4) is 11.5 Å². The Morgan fingerprint density at radius 2 is 0.943 bits per heavy atom. The van der Waals surface area contributed by atoms with Crippen molar-refractivity contribution in [3.05, 3.63) is 48.5 Å². The number of rotatable bonds is 8. The lowest BCUT2D eigenvalue weighted by Gasteiger charge is -2.18. The Hall–Kier alpha value is -3.40. The van der Waals surface area contributed by atoms with Crippen LogP contribution in [0.25, 0.3) is 0 Å². The van der Waals surface area contributed by atoms with Gasteiger partial charge in [0.1, 0.15) is 11.5 Å². The molecule has 0 radical (unpaired) electrons. The fourth-order valence-electron chi connectivity index (χ4n) is 2.43. The van der Waals surface area contributed by atoms with Gasteiger partial charge < -0.3 is 14.2 Å². The third-order valence-corrected chi connectivity index (χ3v) is 7.10. The molecule has 0 saturated carbocycles. The van der Waals surface area contributed by atoms with E-state index in [9.17, 15) is 26.4 Å². The number of hydrazine groups is 2. The lowest BCUT2D eigenvalue weighted by Crippen LogP contribution is -2.43. The van der Waals surface area contributed by atoms with Gasteiger partial charge in [-0.1, -0.05) is 0 Å². The first-order chi connectivity index (χ1) is 16.2. The fraction of sp³-hybridized carbons (Fsp3) is 0.300. The molecule has 0 aliphatic heterocycles. The lowest BCUT2D eigenvalue weighted by molar-refractivity contribution is 0.0957. The Bertz CT molecular complexity index is 1160. The Labute approximate surface area is 203 Å². The number of hydrogen-bond donors (Lipinski definition) is 2. The summed E-state index contributed by atoms with van der Waals surface area (Å²) in [6, 6.07) is 9.89. The van der Waals surface area contributed by atoms with Gasteiger partial charge in [-0.2, -0.15) is 16.8 Å². The summed E-state index contributed by atoms with van der Waals surface area (Å²) in [4.78, 5) is 23.0. The zero-order valence-electron chi connectivity index (χ0n) is 19.3. The predicted octanol–water partition coefficient (Wildman–Crippen LogP) is 2.30. The van der Waals surface area contributed by atoms with E-state index < -0.39 is 44.4 Å². The highest BCUT2D eigenvalue weighted by atomic mass is 32.2. The van der Waals surface area contributed by atoms with Crippen LogP contribution in [0, 0.1) is 0 Å². The van der Waals surface area contributed by atoms with E-state index in [0.717, 1.165) is 0 Å². The Morgan fingerprint density at radius 1 is 0.657 bits per heavy atom. The average molecular weight is 531 g/mol. The van der Waals surface area contributed by atoms with Crippen LogP contribution in [0.4, 0.5) is 9.59 Å². The van der Waals surface area contributed by atoms with E-state index in [1.54, 1.807) is 27.7 Å². The average Bonchev–Trinajstić information content (AvgIpc) is 2.77. The molecule has 0 unspecified atom stereocenters. The number of sulfonamides is 2. The van der Waals surface area contributed by atoms with Crippen molar-refractivity contribution in [2.75, 3.05) is 0 Å². The van der Waals surface area contributed by atoms with Gasteiger partial charge in [0.25, 0.3) is 20.0 Å². The van der Waals surface area contributed by atoms with Crippen molar-refractivity contribution >= 4 is 32.2 Å². The van der Waals surface area contributed by atoms with Gasteiger partial charge in [0.15, 0.2) is 0 Å². The molecule has 2 rings (SSSR count). The highest BCUT2D eigenvalue weighted by Gasteiger charge is 2.29. The SMILES string of the molecule is CC(C)OC(=O)N(N)S(=O)(=O)c1ccc(Oc2ccc(S(=O)(=O)N(N)C(=O)OC(C)C)cc2)cc1. The van der Waals surface area contributed by atoms with Crippen LogP contribution in [0.2, 0.25) is 0 Å². The first kappa shape index (κ1) is 27.8. The van der Waals surface area contributed by atoms with E-state index >= 15 is 0 Å². The third kappa shape index (κ3) is 6.82. The minimum atomic E-state index is -4.36. The first-order valence-electron chi connectivity index (χ1n) is 10.1. The van der Waals surface area contributed by atoms with Gasteiger partial charge in [-0.3, -0.25) is 0 Å². The molecule has 192 valence electrons.